The van der Waals surface area contributed by atoms with Crippen molar-refractivity contribution in [1.29, 1.82) is 0 Å². The molecule has 2 bridgehead atoms. The van der Waals surface area contributed by atoms with Crippen LogP contribution in [-0.4, -0.2) is 113 Å². The monoisotopic (exact) mass is 721 g/mol. The second-order valence-electron chi connectivity index (χ2n) is 14.3. The summed E-state index contributed by atoms with van der Waals surface area (Å²) in [5, 5.41) is 4.67. The molecule has 15 heteroatoms. The Morgan fingerprint density at radius 3 is 2.37 bits per heavy atom. The molecule has 7 rings (SSSR count). The maximum atomic E-state index is 14.1. The number of nitrogens with zero attached hydrogens (tertiary/aromatic N) is 5. The van der Waals surface area contributed by atoms with Crippen molar-refractivity contribution < 1.29 is 27.6 Å². The third-order valence-electron chi connectivity index (χ3n) is 11.4. The number of likely N-dealkylation sites (N-methyl/N-ethyl adjacent to an activating group) is 1. The predicted molar refractivity (Wildman–Crippen MR) is 182 cm³/mol. The molecule has 0 saturated carbocycles. The molecule has 5 aliphatic heterocycles. The van der Waals surface area contributed by atoms with Gasteiger partial charge >= 0.3 is 12.2 Å². The lowest BCUT2D eigenvalue weighted by Crippen LogP contribution is -2.54. The van der Waals surface area contributed by atoms with Gasteiger partial charge in [-0.3, -0.25) is 14.5 Å². The lowest BCUT2D eigenvalue weighted by atomic mass is 9.91. The molecule has 4 fully saturated rings. The van der Waals surface area contributed by atoms with Crippen molar-refractivity contribution in [3.63, 3.8) is 0 Å². The van der Waals surface area contributed by atoms with E-state index in [2.05, 4.69) is 22.2 Å². The number of nitrogens with two attached hydrogens (primary N) is 1. The average molecular weight is 722 g/mol. The molecule has 10 nitrogen and oxygen atoms in total. The molecule has 3 N–H and O–H groups in total. The van der Waals surface area contributed by atoms with E-state index in [1.54, 1.807) is 21.1 Å². The topological polar surface area (TPSA) is 105 Å². The number of fused-ring (bicyclic) bond motifs is 3. The molecule has 4 saturated heterocycles. The zero-order valence-electron chi connectivity index (χ0n) is 27.6. The van der Waals surface area contributed by atoms with Crippen molar-refractivity contribution in [2.45, 2.75) is 81.8 Å². The molecule has 0 aliphatic carbocycles. The van der Waals surface area contributed by atoms with Crippen LogP contribution >= 0.6 is 22.9 Å². The smallest absolute Gasteiger partial charge is 0.397 e. The highest BCUT2D eigenvalue weighted by Crippen LogP contribution is 2.39. The number of alkyl halides is 3. The summed E-state index contributed by atoms with van der Waals surface area (Å²) in [6, 6.07) is 5.58. The second kappa shape index (κ2) is 13.6. The summed E-state index contributed by atoms with van der Waals surface area (Å²) in [4.78, 5) is 52.1. The number of rotatable bonds is 7. The molecule has 266 valence electrons. The van der Waals surface area contributed by atoms with E-state index in [9.17, 15) is 27.6 Å². The summed E-state index contributed by atoms with van der Waals surface area (Å²) < 4.78 is 41.5. The van der Waals surface area contributed by atoms with Crippen molar-refractivity contribution >= 4 is 52.2 Å². The van der Waals surface area contributed by atoms with Crippen molar-refractivity contribution in [3.05, 3.63) is 44.6 Å². The van der Waals surface area contributed by atoms with Gasteiger partial charge in [-0.05, 0) is 74.7 Å². The molecule has 3 atom stereocenters. The third kappa shape index (κ3) is 6.98. The Balaban J connectivity index is 1.02. The molecular formula is C34H43ClF3N7O3S. The molecule has 6 heterocycles. The molecule has 49 heavy (non-hydrogen) atoms. The van der Waals surface area contributed by atoms with Gasteiger partial charge in [-0.15, -0.1) is 11.3 Å². The van der Waals surface area contributed by atoms with Crippen LogP contribution in [-0.2, 0) is 28.7 Å². The first-order chi connectivity index (χ1) is 23.4. The van der Waals surface area contributed by atoms with Gasteiger partial charge in [0.1, 0.15) is 0 Å². The fourth-order valence-electron chi connectivity index (χ4n) is 8.63. The number of carbonyl (C=O) groups excluding carboxylic acids is 3. The Labute approximate surface area is 293 Å². The molecule has 5 aliphatic rings. The highest BCUT2D eigenvalue weighted by molar-refractivity contribution is 7.10. The molecule has 2 unspecified atom stereocenters. The summed E-state index contributed by atoms with van der Waals surface area (Å²) in [5.41, 5.74) is 5.15. The standard InChI is InChI=1S/C34H43ClF3N7O3S/c1-41-17-25-16-24(41)18-44(25)22-4-9-43(10-5-22)32(47)21(12-20-13-26(34(36,37)38)31(39)27(35)14-20)15-30(46)42-7-2-23(3-8-42)45-19-29-28(6-11-49-29)40-33(45)48/h6,11,13-14,21-25H,2-5,7-10,12,15-19,39H2,1H3,(H,40,48)/t21-,24?,25?/m0/s1. The van der Waals surface area contributed by atoms with Crippen LogP contribution in [0.3, 0.4) is 0 Å². The van der Waals surface area contributed by atoms with Gasteiger partial charge < -0.3 is 30.7 Å². The summed E-state index contributed by atoms with van der Waals surface area (Å²) in [6.45, 7) is 4.59. The lowest BCUT2D eigenvalue weighted by Gasteiger charge is -2.42. The number of likely N-dealkylation sites (tertiary alicyclic amines) is 4. The summed E-state index contributed by atoms with van der Waals surface area (Å²) in [7, 11) is 2.17. The van der Waals surface area contributed by atoms with Crippen LogP contribution in [0.2, 0.25) is 5.02 Å². The molecule has 1 aromatic heterocycles. The molecule has 2 aromatic rings. The Morgan fingerprint density at radius 2 is 1.71 bits per heavy atom. The van der Waals surface area contributed by atoms with Gasteiger partial charge in [-0.1, -0.05) is 11.6 Å². The van der Waals surface area contributed by atoms with Gasteiger partial charge in [-0.25, -0.2) is 4.79 Å². The number of hydrogen-bond acceptors (Lipinski definition) is 7. The molecule has 4 amide bonds. The Hall–Kier alpha value is -3.07. The van der Waals surface area contributed by atoms with E-state index in [1.165, 1.54) is 12.5 Å². The fraction of sp³-hybridized carbons (Fsp3) is 0.618. The van der Waals surface area contributed by atoms with E-state index in [0.717, 1.165) is 42.6 Å². The van der Waals surface area contributed by atoms with Gasteiger partial charge in [0, 0.05) is 74.7 Å². The lowest BCUT2D eigenvalue weighted by molar-refractivity contribution is -0.143. The number of nitrogens with one attached hydrogen (secondary N) is 1. The zero-order valence-corrected chi connectivity index (χ0v) is 29.1. The van der Waals surface area contributed by atoms with Crippen LogP contribution in [0.5, 0.6) is 0 Å². The van der Waals surface area contributed by atoms with Crippen LogP contribution in [0.1, 0.15) is 54.5 Å². The summed E-state index contributed by atoms with van der Waals surface area (Å²) in [6.07, 6.45) is -0.870. The number of anilines is 2. The minimum absolute atomic E-state index is 0.0260. The fourth-order valence-corrected chi connectivity index (χ4v) is 9.70. The summed E-state index contributed by atoms with van der Waals surface area (Å²) in [5.74, 6) is -1.29. The van der Waals surface area contributed by atoms with Gasteiger partial charge in [0.15, 0.2) is 0 Å². The minimum Gasteiger partial charge on any atom is -0.397 e. The van der Waals surface area contributed by atoms with Gasteiger partial charge in [0.05, 0.1) is 34.4 Å². The number of piperidine rings is 2. The quantitative estimate of drug-likeness (QED) is 0.392. The molecular weight excluding hydrogens is 679 g/mol. The number of piperazine rings is 1. The number of amides is 4. The van der Waals surface area contributed by atoms with Crippen LogP contribution < -0.4 is 11.1 Å². The van der Waals surface area contributed by atoms with Crippen molar-refractivity contribution in [1.82, 2.24) is 24.5 Å². The van der Waals surface area contributed by atoms with Crippen molar-refractivity contribution in [2.24, 2.45) is 5.92 Å². The Kier molecular flexibility index (Phi) is 9.52. The maximum absolute atomic E-state index is 14.1. The number of halogens is 4. The van der Waals surface area contributed by atoms with E-state index < -0.39 is 23.3 Å². The number of urea groups is 1. The van der Waals surface area contributed by atoms with Crippen LogP contribution in [0.4, 0.5) is 29.3 Å². The largest absolute Gasteiger partial charge is 0.418 e. The van der Waals surface area contributed by atoms with Gasteiger partial charge in [0.2, 0.25) is 11.8 Å². The van der Waals surface area contributed by atoms with E-state index in [1.807, 2.05) is 16.3 Å². The van der Waals surface area contributed by atoms with Gasteiger partial charge in [0.25, 0.3) is 0 Å². The van der Waals surface area contributed by atoms with E-state index in [4.69, 9.17) is 17.3 Å². The number of benzene rings is 1. The normalized spacial score (nSPS) is 24.8. The van der Waals surface area contributed by atoms with E-state index in [0.29, 0.717) is 63.7 Å². The SMILES string of the molecule is CN1CC2CC1CN2C1CCN(C(=O)[C@H](CC(=O)N2CCC(N3Cc4sccc4NC3=O)CC2)Cc2cc(Cl)c(N)c(C(F)(F)F)c2)CC1. The molecule has 0 radical (unpaired) electrons. The highest BCUT2D eigenvalue weighted by Gasteiger charge is 2.45. The van der Waals surface area contributed by atoms with E-state index >= 15 is 0 Å². The number of thiophene rings is 1. The highest BCUT2D eigenvalue weighted by atomic mass is 35.5. The average Bonchev–Trinajstić information content (AvgIpc) is 3.80. The zero-order chi connectivity index (χ0) is 34.6. The van der Waals surface area contributed by atoms with E-state index in [-0.39, 0.29) is 47.3 Å². The Morgan fingerprint density at radius 1 is 1.02 bits per heavy atom. The maximum Gasteiger partial charge on any atom is 0.418 e. The molecule has 1 aromatic carbocycles. The van der Waals surface area contributed by atoms with Gasteiger partial charge in [-0.2, -0.15) is 13.2 Å². The Bertz CT molecular complexity index is 1590. The first-order valence-electron chi connectivity index (χ1n) is 17.2. The second-order valence-corrected chi connectivity index (χ2v) is 15.7. The van der Waals surface area contributed by atoms with Crippen molar-refractivity contribution in [2.75, 3.05) is 57.4 Å². The van der Waals surface area contributed by atoms with Crippen LogP contribution in [0.25, 0.3) is 0 Å². The first-order valence-corrected chi connectivity index (χ1v) is 18.4. The number of hydrogen-bond donors (Lipinski definition) is 2. The number of carbonyl (C=O) groups is 3. The van der Waals surface area contributed by atoms with Crippen molar-refractivity contribution in [3.8, 4) is 0 Å². The summed E-state index contributed by atoms with van der Waals surface area (Å²) >= 11 is 7.75. The van der Waals surface area contributed by atoms with Crippen LogP contribution in [0, 0.1) is 5.92 Å². The minimum atomic E-state index is -4.72. The third-order valence-corrected chi connectivity index (χ3v) is 12.6. The number of nitrogen functional groups attached to an aromatic ring is 1. The predicted octanol–water partition coefficient (Wildman–Crippen LogP) is 4.97. The molecule has 0 spiro atoms. The van der Waals surface area contributed by atoms with Crippen LogP contribution in [0.15, 0.2) is 23.6 Å². The first kappa shape index (κ1) is 34.4.